The van der Waals surface area contributed by atoms with Crippen LogP contribution in [0.2, 0.25) is 0 Å². The number of aromatic nitrogens is 2. The van der Waals surface area contributed by atoms with E-state index in [1.54, 1.807) is 0 Å². The molecule has 0 radical (unpaired) electrons. The van der Waals surface area contributed by atoms with Crippen LogP contribution in [0.1, 0.15) is 55.5 Å². The SMILES string of the molecule is CCc1[nH]nc(C2CCCC2)c1CCCl. The third kappa shape index (κ3) is 2.20. The average Bonchev–Trinajstić information content (AvgIpc) is 2.85. The Morgan fingerprint density at radius 3 is 2.73 bits per heavy atom. The van der Waals surface area contributed by atoms with Crippen LogP contribution in [0.5, 0.6) is 0 Å². The zero-order valence-electron chi connectivity index (χ0n) is 9.35. The molecule has 1 aromatic rings. The maximum Gasteiger partial charge on any atom is 0.0688 e. The minimum absolute atomic E-state index is 0.694. The maximum absolute atomic E-state index is 5.86. The van der Waals surface area contributed by atoms with Gasteiger partial charge in [0.05, 0.1) is 5.69 Å². The lowest BCUT2D eigenvalue weighted by atomic mass is 9.97. The van der Waals surface area contributed by atoms with Gasteiger partial charge < -0.3 is 0 Å². The van der Waals surface area contributed by atoms with E-state index in [1.165, 1.54) is 42.6 Å². The second-order valence-corrected chi connectivity index (χ2v) is 4.72. The Bertz CT molecular complexity index is 313. The molecule has 0 aliphatic heterocycles. The normalized spacial score (nSPS) is 17.5. The third-order valence-electron chi connectivity index (χ3n) is 3.42. The fourth-order valence-corrected chi connectivity index (χ4v) is 2.81. The molecule has 2 rings (SSSR count). The molecular formula is C12H19ClN2. The van der Waals surface area contributed by atoms with Gasteiger partial charge in [-0.15, -0.1) is 11.6 Å². The zero-order valence-corrected chi connectivity index (χ0v) is 10.1. The van der Waals surface area contributed by atoms with Crippen LogP contribution in [0, 0.1) is 0 Å². The standard InChI is InChI=1S/C12H19ClN2/c1-2-11-10(7-8-13)12(15-14-11)9-5-3-4-6-9/h9H,2-8H2,1H3,(H,14,15). The van der Waals surface area contributed by atoms with Crippen molar-refractivity contribution in [2.24, 2.45) is 0 Å². The number of nitrogens with zero attached hydrogens (tertiary/aromatic N) is 1. The van der Waals surface area contributed by atoms with E-state index in [0.717, 1.165) is 12.8 Å². The van der Waals surface area contributed by atoms with Crippen LogP contribution in [0.25, 0.3) is 0 Å². The molecule has 1 saturated carbocycles. The van der Waals surface area contributed by atoms with Crippen LogP contribution in [0.4, 0.5) is 0 Å². The molecule has 0 bridgehead atoms. The molecule has 0 amide bonds. The minimum atomic E-state index is 0.694. The van der Waals surface area contributed by atoms with Crippen molar-refractivity contribution in [1.29, 1.82) is 0 Å². The van der Waals surface area contributed by atoms with E-state index < -0.39 is 0 Å². The molecule has 0 aromatic carbocycles. The number of nitrogens with one attached hydrogen (secondary N) is 1. The van der Waals surface area contributed by atoms with Crippen molar-refractivity contribution in [3.63, 3.8) is 0 Å². The summed E-state index contributed by atoms with van der Waals surface area (Å²) < 4.78 is 0. The number of halogens is 1. The summed E-state index contributed by atoms with van der Waals surface area (Å²) in [7, 11) is 0. The maximum atomic E-state index is 5.86. The molecular weight excluding hydrogens is 208 g/mol. The molecule has 84 valence electrons. The van der Waals surface area contributed by atoms with Gasteiger partial charge in [-0.05, 0) is 31.2 Å². The van der Waals surface area contributed by atoms with Crippen molar-refractivity contribution in [2.45, 2.75) is 51.4 Å². The number of H-pyrrole nitrogens is 1. The lowest BCUT2D eigenvalue weighted by Gasteiger charge is -2.08. The molecule has 0 atom stereocenters. The molecule has 1 aromatic heterocycles. The fourth-order valence-electron chi connectivity index (χ4n) is 2.62. The molecule has 0 unspecified atom stereocenters. The number of aromatic amines is 1. The molecule has 1 aliphatic carbocycles. The van der Waals surface area contributed by atoms with Gasteiger partial charge in [0.1, 0.15) is 0 Å². The van der Waals surface area contributed by atoms with Gasteiger partial charge in [-0.2, -0.15) is 5.10 Å². The number of aryl methyl sites for hydroxylation is 1. The van der Waals surface area contributed by atoms with Crippen molar-refractivity contribution in [1.82, 2.24) is 10.2 Å². The van der Waals surface area contributed by atoms with Gasteiger partial charge in [-0.1, -0.05) is 19.8 Å². The van der Waals surface area contributed by atoms with Crippen LogP contribution in [-0.4, -0.2) is 16.1 Å². The Balaban J connectivity index is 2.24. The van der Waals surface area contributed by atoms with Crippen LogP contribution in [0.3, 0.4) is 0 Å². The van der Waals surface area contributed by atoms with Crippen LogP contribution in [0.15, 0.2) is 0 Å². The summed E-state index contributed by atoms with van der Waals surface area (Å²) in [6, 6.07) is 0. The summed E-state index contributed by atoms with van der Waals surface area (Å²) in [4.78, 5) is 0. The van der Waals surface area contributed by atoms with Crippen molar-refractivity contribution < 1.29 is 0 Å². The van der Waals surface area contributed by atoms with Crippen molar-refractivity contribution in [3.8, 4) is 0 Å². The molecule has 0 spiro atoms. The minimum Gasteiger partial charge on any atom is -0.282 e. The van der Waals surface area contributed by atoms with Gasteiger partial charge >= 0.3 is 0 Å². The molecule has 1 fully saturated rings. The van der Waals surface area contributed by atoms with Gasteiger partial charge in [0, 0.05) is 17.5 Å². The monoisotopic (exact) mass is 226 g/mol. The van der Waals surface area contributed by atoms with Crippen LogP contribution >= 0.6 is 11.6 Å². The third-order valence-corrected chi connectivity index (χ3v) is 3.61. The fraction of sp³-hybridized carbons (Fsp3) is 0.750. The average molecular weight is 227 g/mol. The highest BCUT2D eigenvalue weighted by Crippen LogP contribution is 2.35. The van der Waals surface area contributed by atoms with E-state index in [4.69, 9.17) is 11.6 Å². The first-order valence-electron chi connectivity index (χ1n) is 5.98. The van der Waals surface area contributed by atoms with Gasteiger partial charge in [0.2, 0.25) is 0 Å². The van der Waals surface area contributed by atoms with Gasteiger partial charge in [-0.25, -0.2) is 0 Å². The smallest absolute Gasteiger partial charge is 0.0688 e. The predicted octanol–water partition coefficient (Wildman–Crippen LogP) is 3.41. The highest BCUT2D eigenvalue weighted by molar-refractivity contribution is 6.18. The van der Waals surface area contributed by atoms with Gasteiger partial charge in [0.25, 0.3) is 0 Å². The summed E-state index contributed by atoms with van der Waals surface area (Å²) in [6.45, 7) is 2.17. The molecule has 2 nitrogen and oxygen atoms in total. The summed E-state index contributed by atoms with van der Waals surface area (Å²) in [5, 5.41) is 7.68. The van der Waals surface area contributed by atoms with E-state index in [-0.39, 0.29) is 0 Å². The highest BCUT2D eigenvalue weighted by Gasteiger charge is 2.23. The molecule has 1 aliphatic rings. The Morgan fingerprint density at radius 2 is 2.13 bits per heavy atom. The molecule has 15 heavy (non-hydrogen) atoms. The first-order chi connectivity index (χ1) is 7.36. The topological polar surface area (TPSA) is 28.7 Å². The Morgan fingerprint density at radius 1 is 1.40 bits per heavy atom. The Labute approximate surface area is 96.4 Å². The summed E-state index contributed by atoms with van der Waals surface area (Å²) >= 11 is 5.86. The summed E-state index contributed by atoms with van der Waals surface area (Å²) in [5.74, 6) is 1.39. The van der Waals surface area contributed by atoms with Crippen molar-refractivity contribution in [2.75, 3.05) is 5.88 Å². The Kier molecular flexibility index (Phi) is 3.68. The summed E-state index contributed by atoms with van der Waals surface area (Å²) in [6.07, 6.45) is 7.34. The number of rotatable bonds is 4. The predicted molar refractivity (Wildman–Crippen MR) is 63.6 cm³/mol. The number of hydrogen-bond donors (Lipinski definition) is 1. The van der Waals surface area contributed by atoms with Crippen molar-refractivity contribution >= 4 is 11.6 Å². The van der Waals surface area contributed by atoms with Crippen LogP contribution < -0.4 is 0 Å². The molecule has 1 N–H and O–H groups in total. The first-order valence-corrected chi connectivity index (χ1v) is 6.52. The Hall–Kier alpha value is -0.500. The van der Waals surface area contributed by atoms with E-state index in [1.807, 2.05) is 0 Å². The highest BCUT2D eigenvalue weighted by atomic mass is 35.5. The van der Waals surface area contributed by atoms with E-state index in [0.29, 0.717) is 11.8 Å². The largest absolute Gasteiger partial charge is 0.282 e. The zero-order chi connectivity index (χ0) is 10.7. The van der Waals surface area contributed by atoms with Gasteiger partial charge in [-0.3, -0.25) is 5.10 Å². The molecule has 0 saturated heterocycles. The lowest BCUT2D eigenvalue weighted by Crippen LogP contribution is -2.00. The number of alkyl halides is 1. The van der Waals surface area contributed by atoms with E-state index in [9.17, 15) is 0 Å². The first kappa shape index (κ1) is 11.0. The quantitative estimate of drug-likeness (QED) is 0.784. The molecule has 1 heterocycles. The second-order valence-electron chi connectivity index (χ2n) is 4.34. The summed E-state index contributed by atoms with van der Waals surface area (Å²) in [5.41, 5.74) is 4.00. The second kappa shape index (κ2) is 5.02. The lowest BCUT2D eigenvalue weighted by molar-refractivity contribution is 0.685. The van der Waals surface area contributed by atoms with Crippen molar-refractivity contribution in [3.05, 3.63) is 17.0 Å². The van der Waals surface area contributed by atoms with Crippen LogP contribution in [-0.2, 0) is 12.8 Å². The number of hydrogen-bond acceptors (Lipinski definition) is 1. The van der Waals surface area contributed by atoms with E-state index >= 15 is 0 Å². The van der Waals surface area contributed by atoms with E-state index in [2.05, 4.69) is 17.1 Å². The molecule has 3 heteroatoms. The van der Waals surface area contributed by atoms with Gasteiger partial charge in [0.15, 0.2) is 0 Å².